The molecule has 0 saturated heterocycles. The van der Waals surface area contributed by atoms with E-state index in [9.17, 15) is 4.79 Å². The Morgan fingerprint density at radius 2 is 1.88 bits per heavy atom. The Bertz CT molecular complexity index is 642. The molecule has 1 aliphatic rings. The van der Waals surface area contributed by atoms with Crippen molar-refractivity contribution in [3.8, 4) is 5.75 Å². The molecule has 0 heterocycles. The van der Waals surface area contributed by atoms with Crippen LogP contribution in [0.4, 0.5) is 0 Å². The molecule has 0 aliphatic heterocycles. The molecule has 0 amide bonds. The zero-order valence-corrected chi connectivity index (χ0v) is 20.0. The van der Waals surface area contributed by atoms with Crippen LogP contribution in [0.3, 0.4) is 0 Å². The van der Waals surface area contributed by atoms with E-state index >= 15 is 0 Å². The van der Waals surface area contributed by atoms with Crippen molar-refractivity contribution >= 4 is 79.3 Å². The fraction of sp³-hybridized carbons (Fsp3) is 0.389. The first kappa shape index (κ1) is 20.5. The topological polar surface area (TPSA) is 35.5 Å². The molecule has 0 saturated carbocycles. The van der Waals surface area contributed by atoms with Crippen LogP contribution in [0.25, 0.3) is 5.57 Å². The maximum Gasteiger partial charge on any atom is 0.347 e. The summed E-state index contributed by atoms with van der Waals surface area (Å²) in [6.07, 6.45) is 6.24. The lowest BCUT2D eigenvalue weighted by atomic mass is 9.90. The average molecular weight is 664 g/mol. The highest BCUT2D eigenvalue weighted by molar-refractivity contribution is 14.3. The highest BCUT2D eigenvalue weighted by Crippen LogP contribution is 2.40. The summed E-state index contributed by atoms with van der Waals surface area (Å²) >= 11 is 6.25. The Kier molecular flexibility index (Phi) is 7.85. The molecule has 0 aromatic heterocycles. The molecule has 1 atom stereocenters. The van der Waals surface area contributed by atoms with Crippen molar-refractivity contribution in [1.82, 2.24) is 0 Å². The molecule has 130 valence electrons. The van der Waals surface area contributed by atoms with Crippen LogP contribution >= 0.6 is 67.8 Å². The molecule has 0 N–H and O–H groups in total. The number of hydrogen-bond acceptors (Lipinski definition) is 3. The van der Waals surface area contributed by atoms with Gasteiger partial charge in [0, 0.05) is 5.57 Å². The second-order valence-electron chi connectivity index (χ2n) is 5.40. The highest BCUT2D eigenvalue weighted by atomic mass is 127. The molecular weight excluding hydrogens is 645 g/mol. The van der Waals surface area contributed by atoms with Crippen LogP contribution < -0.4 is 4.74 Å². The molecule has 6 heteroatoms. The van der Waals surface area contributed by atoms with Crippen LogP contribution in [0.15, 0.2) is 42.2 Å². The van der Waals surface area contributed by atoms with Crippen molar-refractivity contribution in [3.05, 3.63) is 47.7 Å². The molecule has 0 fully saturated rings. The van der Waals surface area contributed by atoms with Gasteiger partial charge >= 0.3 is 5.97 Å². The average Bonchev–Trinajstić information content (AvgIpc) is 2.55. The molecule has 0 radical (unpaired) electrons. The number of rotatable bonds is 6. The quantitative estimate of drug-likeness (QED) is 0.204. The molecule has 0 bridgehead atoms. The second kappa shape index (κ2) is 9.20. The predicted octanol–water partition coefficient (Wildman–Crippen LogP) is 6.28. The summed E-state index contributed by atoms with van der Waals surface area (Å²) in [7, 11) is 0. The van der Waals surface area contributed by atoms with Crippen molar-refractivity contribution in [2.45, 2.75) is 26.1 Å². The van der Waals surface area contributed by atoms with Crippen LogP contribution in [-0.4, -0.2) is 12.0 Å². The van der Waals surface area contributed by atoms with Gasteiger partial charge in [-0.2, -0.15) is 0 Å². The fourth-order valence-electron chi connectivity index (χ4n) is 2.43. The standard InChI is InChI=1S/C18H19I3O3/c1-3-12-5-10-15(13-6-8-14(9-7-13)23-4-2)16(11-12)24-17(22)18(19,20)21/h6-12H,3-5H2,1-2H3. The zero-order valence-electron chi connectivity index (χ0n) is 13.5. The van der Waals surface area contributed by atoms with Crippen LogP contribution in [0.2, 0.25) is 0 Å². The van der Waals surface area contributed by atoms with E-state index in [1.54, 1.807) is 0 Å². The van der Waals surface area contributed by atoms with E-state index in [0.717, 1.165) is 29.7 Å². The van der Waals surface area contributed by atoms with Crippen LogP contribution in [0.1, 0.15) is 32.3 Å². The number of benzene rings is 1. The van der Waals surface area contributed by atoms with E-state index in [4.69, 9.17) is 9.47 Å². The van der Waals surface area contributed by atoms with E-state index in [1.807, 2.05) is 31.2 Å². The first-order valence-electron chi connectivity index (χ1n) is 7.79. The summed E-state index contributed by atoms with van der Waals surface area (Å²) in [5.74, 6) is 1.67. The summed E-state index contributed by atoms with van der Waals surface area (Å²) in [5.41, 5.74) is 2.01. The van der Waals surface area contributed by atoms with E-state index in [2.05, 4.69) is 86.8 Å². The van der Waals surface area contributed by atoms with Crippen molar-refractivity contribution in [2.75, 3.05) is 6.61 Å². The Morgan fingerprint density at radius 3 is 2.42 bits per heavy atom. The van der Waals surface area contributed by atoms with Gasteiger partial charge in [0.25, 0.3) is 0 Å². The van der Waals surface area contributed by atoms with Gasteiger partial charge in [-0.25, -0.2) is 4.79 Å². The lowest BCUT2D eigenvalue weighted by molar-refractivity contribution is -0.136. The first-order chi connectivity index (χ1) is 11.3. The molecule has 24 heavy (non-hydrogen) atoms. The van der Waals surface area contributed by atoms with Crippen molar-refractivity contribution < 1.29 is 14.3 Å². The zero-order chi connectivity index (χ0) is 17.7. The van der Waals surface area contributed by atoms with E-state index in [-0.39, 0.29) is 5.97 Å². The third kappa shape index (κ3) is 5.58. The summed E-state index contributed by atoms with van der Waals surface area (Å²) < 4.78 is 10.6. The van der Waals surface area contributed by atoms with Gasteiger partial charge in [0.1, 0.15) is 11.5 Å². The van der Waals surface area contributed by atoms with E-state index in [1.165, 1.54) is 0 Å². The Hall–Kier alpha value is 0.160. The number of carbonyl (C=O) groups excluding carboxylic acids is 1. The van der Waals surface area contributed by atoms with Crippen molar-refractivity contribution in [2.24, 2.45) is 5.92 Å². The minimum Gasteiger partial charge on any atom is -0.494 e. The van der Waals surface area contributed by atoms with Crippen molar-refractivity contribution in [3.63, 3.8) is 0 Å². The minimum absolute atomic E-state index is 0.246. The molecule has 2 rings (SSSR count). The van der Waals surface area contributed by atoms with Crippen LogP contribution in [0, 0.1) is 5.92 Å². The predicted molar refractivity (Wildman–Crippen MR) is 123 cm³/mol. The SMILES string of the molecule is CCOc1ccc(C2=CCC(CC)C=C2OC(=O)C(I)(I)I)cc1. The number of halogens is 3. The van der Waals surface area contributed by atoms with E-state index < -0.39 is -0.565 Å². The monoisotopic (exact) mass is 664 g/mol. The Labute approximate surface area is 184 Å². The second-order valence-corrected chi connectivity index (χ2v) is 16.4. The van der Waals surface area contributed by atoms with Gasteiger partial charge < -0.3 is 9.47 Å². The Balaban J connectivity index is 2.27. The number of hydrogen-bond donors (Lipinski definition) is 0. The number of carbonyl (C=O) groups is 1. The lowest BCUT2D eigenvalue weighted by Gasteiger charge is -2.22. The van der Waals surface area contributed by atoms with Gasteiger partial charge in [-0.15, -0.1) is 0 Å². The number of alkyl halides is 3. The molecule has 1 aromatic carbocycles. The van der Waals surface area contributed by atoms with Gasteiger partial charge in [-0.1, -0.05) is 25.1 Å². The minimum atomic E-state index is -0.614. The molecule has 1 aliphatic carbocycles. The number of allylic oxidation sites excluding steroid dienone is 3. The van der Waals surface area contributed by atoms with Gasteiger partial charge in [0.15, 0.2) is 0 Å². The largest absolute Gasteiger partial charge is 0.494 e. The summed E-state index contributed by atoms with van der Waals surface area (Å²) in [6.45, 7) is 4.76. The summed E-state index contributed by atoms with van der Waals surface area (Å²) in [5, 5.41) is 0. The number of ether oxygens (including phenoxy) is 2. The lowest BCUT2D eigenvalue weighted by Crippen LogP contribution is -2.21. The maximum absolute atomic E-state index is 12.3. The number of esters is 1. The third-order valence-corrected chi connectivity index (χ3v) is 5.03. The van der Waals surface area contributed by atoms with Crippen LogP contribution in [-0.2, 0) is 9.53 Å². The fourth-order valence-corrected chi connectivity index (χ4v) is 2.76. The van der Waals surface area contributed by atoms with Gasteiger partial charge in [-0.3, -0.25) is 0 Å². The van der Waals surface area contributed by atoms with E-state index in [0.29, 0.717) is 18.3 Å². The Morgan fingerprint density at radius 1 is 1.21 bits per heavy atom. The van der Waals surface area contributed by atoms with Crippen LogP contribution in [0.5, 0.6) is 5.75 Å². The first-order valence-corrected chi connectivity index (χ1v) is 11.0. The van der Waals surface area contributed by atoms with Gasteiger partial charge in [-0.05, 0) is 117 Å². The molecule has 1 aromatic rings. The normalized spacial score (nSPS) is 17.8. The molecular formula is C18H19I3O3. The maximum atomic E-state index is 12.3. The molecule has 3 nitrogen and oxygen atoms in total. The summed E-state index contributed by atoms with van der Waals surface area (Å²) in [6, 6.07) is 7.92. The van der Waals surface area contributed by atoms with Gasteiger partial charge in [0.2, 0.25) is -0.565 Å². The third-order valence-electron chi connectivity index (χ3n) is 3.71. The molecule has 1 unspecified atom stereocenters. The highest BCUT2D eigenvalue weighted by Gasteiger charge is 2.32. The smallest absolute Gasteiger partial charge is 0.347 e. The molecule has 0 spiro atoms. The van der Waals surface area contributed by atoms with Gasteiger partial charge in [0.05, 0.1) is 6.61 Å². The van der Waals surface area contributed by atoms with Crippen molar-refractivity contribution in [1.29, 1.82) is 0 Å². The summed E-state index contributed by atoms with van der Waals surface area (Å²) in [4.78, 5) is 12.3.